The number of hydrogen-bond donors (Lipinski definition) is 1. The largest absolute Gasteiger partial charge is 0.339 e. The Kier molecular flexibility index (Phi) is 7.24. The van der Waals surface area contributed by atoms with E-state index in [1.807, 2.05) is 0 Å². The third-order valence-electron chi connectivity index (χ3n) is 5.28. The smallest absolute Gasteiger partial charge is 0.256 e. The van der Waals surface area contributed by atoms with Gasteiger partial charge in [-0.2, -0.15) is 4.31 Å². The fourth-order valence-electron chi connectivity index (χ4n) is 3.81. The predicted molar refractivity (Wildman–Crippen MR) is 104 cm³/mol. The summed E-state index contributed by atoms with van der Waals surface area (Å²) in [7, 11) is -3.85. The zero-order valence-electron chi connectivity index (χ0n) is 15.4. The number of hydrogen-bond acceptors (Lipinski definition) is 4. The van der Waals surface area contributed by atoms with Gasteiger partial charge in [-0.15, -0.1) is 12.4 Å². The van der Waals surface area contributed by atoms with Crippen molar-refractivity contribution in [3.63, 3.8) is 0 Å². The molecule has 0 radical (unpaired) electrons. The Morgan fingerprint density at radius 2 is 1.81 bits per heavy atom. The number of halogens is 2. The summed E-state index contributed by atoms with van der Waals surface area (Å²) in [6.45, 7) is 3.39. The van der Waals surface area contributed by atoms with Crippen molar-refractivity contribution in [2.75, 3.05) is 19.6 Å². The molecule has 1 amide bonds. The lowest BCUT2D eigenvalue weighted by Crippen LogP contribution is -2.51. The Morgan fingerprint density at radius 1 is 1.19 bits per heavy atom. The Bertz CT molecular complexity index is 782. The normalized spacial score (nSPS) is 22.3. The molecule has 0 saturated carbocycles. The second-order valence-corrected chi connectivity index (χ2v) is 9.07. The van der Waals surface area contributed by atoms with Crippen LogP contribution in [0.15, 0.2) is 23.1 Å². The summed E-state index contributed by atoms with van der Waals surface area (Å²) in [6, 6.07) is 2.99. The quantitative estimate of drug-likeness (QED) is 0.812. The molecule has 1 aromatic carbocycles. The summed E-state index contributed by atoms with van der Waals surface area (Å²) in [5.41, 5.74) is 5.89. The van der Waals surface area contributed by atoms with Crippen LogP contribution in [0.5, 0.6) is 0 Å². The zero-order valence-corrected chi connectivity index (χ0v) is 17.1. The second-order valence-electron chi connectivity index (χ2n) is 7.18. The molecule has 0 aromatic heterocycles. The molecule has 2 aliphatic rings. The first-order valence-electron chi connectivity index (χ1n) is 9.18. The van der Waals surface area contributed by atoms with E-state index in [0.29, 0.717) is 26.1 Å². The van der Waals surface area contributed by atoms with Crippen LogP contribution in [-0.4, -0.2) is 55.2 Å². The van der Waals surface area contributed by atoms with Crippen LogP contribution in [0.25, 0.3) is 0 Å². The van der Waals surface area contributed by atoms with Crippen molar-refractivity contribution >= 4 is 28.3 Å². The van der Waals surface area contributed by atoms with Crippen LogP contribution in [-0.2, 0) is 10.0 Å². The van der Waals surface area contributed by atoms with Gasteiger partial charge >= 0.3 is 0 Å². The highest BCUT2D eigenvalue weighted by Gasteiger charge is 2.36. The van der Waals surface area contributed by atoms with E-state index in [9.17, 15) is 17.6 Å². The molecule has 2 saturated heterocycles. The van der Waals surface area contributed by atoms with Crippen molar-refractivity contribution in [3.8, 4) is 0 Å². The summed E-state index contributed by atoms with van der Waals surface area (Å²) in [5, 5.41) is 0. The third-order valence-corrected chi connectivity index (χ3v) is 7.20. The molecule has 1 aromatic rings. The molecule has 0 bridgehead atoms. The SMILES string of the molecule is CC(N)C1CCCCN1S(=O)(=O)c1ccc(C(=O)N2CCCC2)c(F)c1.Cl. The first-order chi connectivity index (χ1) is 12.3. The monoisotopic (exact) mass is 419 g/mol. The van der Waals surface area contributed by atoms with Gasteiger partial charge in [-0.1, -0.05) is 6.42 Å². The van der Waals surface area contributed by atoms with Gasteiger partial charge in [0.2, 0.25) is 10.0 Å². The van der Waals surface area contributed by atoms with Crippen LogP contribution in [0.2, 0.25) is 0 Å². The predicted octanol–water partition coefficient (Wildman–Crippen LogP) is 2.37. The number of nitrogens with two attached hydrogens (primary N) is 1. The van der Waals surface area contributed by atoms with E-state index in [0.717, 1.165) is 31.7 Å². The van der Waals surface area contributed by atoms with Crippen molar-refractivity contribution in [1.82, 2.24) is 9.21 Å². The molecule has 2 atom stereocenters. The van der Waals surface area contributed by atoms with E-state index in [4.69, 9.17) is 5.73 Å². The number of amides is 1. The molecule has 2 heterocycles. The Morgan fingerprint density at radius 3 is 2.41 bits per heavy atom. The van der Waals surface area contributed by atoms with Crippen LogP contribution in [0.4, 0.5) is 4.39 Å². The lowest BCUT2D eigenvalue weighted by atomic mass is 10.00. The van der Waals surface area contributed by atoms with Crippen molar-refractivity contribution in [3.05, 3.63) is 29.6 Å². The summed E-state index contributed by atoms with van der Waals surface area (Å²) in [5.74, 6) is -1.17. The van der Waals surface area contributed by atoms with Crippen LogP contribution >= 0.6 is 12.4 Å². The average molecular weight is 420 g/mol. The van der Waals surface area contributed by atoms with E-state index in [2.05, 4.69) is 0 Å². The molecule has 2 fully saturated rings. The molecule has 3 rings (SSSR count). The molecule has 9 heteroatoms. The van der Waals surface area contributed by atoms with Crippen molar-refractivity contribution < 1.29 is 17.6 Å². The standard InChI is InChI=1S/C18H26FN3O3S.ClH/c1-13(20)17-6-2-3-11-22(17)26(24,25)14-7-8-15(16(19)12-14)18(23)21-9-4-5-10-21;/h7-8,12-13,17H,2-6,9-11,20H2,1H3;1H. The number of carbonyl (C=O) groups excluding carboxylic acids is 1. The lowest BCUT2D eigenvalue weighted by Gasteiger charge is -2.36. The topological polar surface area (TPSA) is 83.7 Å². The Labute approximate surface area is 166 Å². The van der Waals surface area contributed by atoms with E-state index in [-0.39, 0.29) is 40.9 Å². The van der Waals surface area contributed by atoms with Crippen LogP contribution in [0, 0.1) is 5.82 Å². The zero-order chi connectivity index (χ0) is 18.9. The molecule has 0 aliphatic carbocycles. The number of rotatable bonds is 4. The molecule has 2 unspecified atom stereocenters. The van der Waals surface area contributed by atoms with E-state index in [1.54, 1.807) is 11.8 Å². The number of nitrogens with zero attached hydrogens (tertiary/aromatic N) is 2. The average Bonchev–Trinajstić information content (AvgIpc) is 3.15. The minimum Gasteiger partial charge on any atom is -0.339 e. The van der Waals surface area contributed by atoms with Crippen LogP contribution in [0.1, 0.15) is 49.4 Å². The van der Waals surface area contributed by atoms with Gasteiger partial charge in [0.15, 0.2) is 0 Å². The highest BCUT2D eigenvalue weighted by atomic mass is 35.5. The number of piperidine rings is 1. The molecular weight excluding hydrogens is 393 g/mol. The van der Waals surface area contributed by atoms with Gasteiger partial charge in [-0.25, -0.2) is 12.8 Å². The second kappa shape index (κ2) is 8.86. The van der Waals surface area contributed by atoms with E-state index < -0.39 is 15.8 Å². The van der Waals surface area contributed by atoms with Crippen molar-refractivity contribution in [2.45, 2.75) is 56.0 Å². The number of benzene rings is 1. The fourth-order valence-corrected chi connectivity index (χ4v) is 5.60. The fraction of sp³-hybridized carbons (Fsp3) is 0.611. The van der Waals surface area contributed by atoms with Crippen molar-refractivity contribution in [2.24, 2.45) is 5.73 Å². The Hall–Kier alpha value is -1.22. The maximum atomic E-state index is 14.6. The molecular formula is C18H27ClFN3O3S. The van der Waals surface area contributed by atoms with Gasteiger partial charge in [0.05, 0.1) is 10.5 Å². The molecule has 152 valence electrons. The molecule has 6 nitrogen and oxygen atoms in total. The number of carbonyl (C=O) groups is 1. The van der Waals surface area contributed by atoms with Crippen molar-refractivity contribution in [1.29, 1.82) is 0 Å². The first kappa shape index (κ1) is 22.1. The van der Waals surface area contributed by atoms with E-state index >= 15 is 0 Å². The van der Waals surface area contributed by atoms with Gasteiger partial charge in [0.1, 0.15) is 5.82 Å². The van der Waals surface area contributed by atoms with E-state index in [1.165, 1.54) is 16.4 Å². The number of sulfonamides is 1. The van der Waals surface area contributed by atoms with Gasteiger partial charge in [-0.3, -0.25) is 4.79 Å². The number of likely N-dealkylation sites (tertiary alicyclic amines) is 1. The van der Waals surface area contributed by atoms with Gasteiger partial charge in [0.25, 0.3) is 5.91 Å². The summed E-state index contributed by atoms with van der Waals surface area (Å²) in [6.07, 6.45) is 4.21. The minimum atomic E-state index is -3.85. The maximum absolute atomic E-state index is 14.6. The molecule has 0 spiro atoms. The van der Waals surface area contributed by atoms with Crippen LogP contribution in [0.3, 0.4) is 0 Å². The highest BCUT2D eigenvalue weighted by molar-refractivity contribution is 7.89. The lowest BCUT2D eigenvalue weighted by molar-refractivity contribution is 0.0788. The summed E-state index contributed by atoms with van der Waals surface area (Å²) < 4.78 is 41.9. The van der Waals surface area contributed by atoms with Gasteiger partial charge in [0, 0.05) is 31.7 Å². The third kappa shape index (κ3) is 4.45. The summed E-state index contributed by atoms with van der Waals surface area (Å²) in [4.78, 5) is 13.9. The molecule has 27 heavy (non-hydrogen) atoms. The maximum Gasteiger partial charge on any atom is 0.256 e. The first-order valence-corrected chi connectivity index (χ1v) is 10.6. The minimum absolute atomic E-state index is 0. The van der Waals surface area contributed by atoms with Gasteiger partial charge < -0.3 is 10.6 Å². The van der Waals surface area contributed by atoms with Crippen LogP contribution < -0.4 is 5.73 Å². The summed E-state index contributed by atoms with van der Waals surface area (Å²) >= 11 is 0. The Balaban J connectivity index is 0.00000261. The highest BCUT2D eigenvalue weighted by Crippen LogP contribution is 2.28. The van der Waals surface area contributed by atoms with Gasteiger partial charge in [-0.05, 0) is 50.8 Å². The molecule has 2 N–H and O–H groups in total. The molecule has 2 aliphatic heterocycles.